The Kier molecular flexibility index (Phi) is 8.29. The highest BCUT2D eigenvalue weighted by Crippen LogP contribution is 2.32. The molecule has 0 unspecified atom stereocenters. The molecule has 4 aromatic rings. The lowest BCUT2D eigenvalue weighted by Crippen LogP contribution is -2.08. The van der Waals surface area contributed by atoms with Crippen molar-refractivity contribution < 1.29 is 40.3 Å². The quantitative estimate of drug-likeness (QED) is 0.103. The highest BCUT2D eigenvalue weighted by molar-refractivity contribution is 5.91. The van der Waals surface area contributed by atoms with Crippen LogP contribution in [0.4, 0.5) is 30.7 Å². The van der Waals surface area contributed by atoms with Crippen LogP contribution in [0, 0.1) is 35.1 Å². The molecule has 0 amide bonds. The van der Waals surface area contributed by atoms with Crippen LogP contribution in [-0.4, -0.2) is 12.1 Å². The summed E-state index contributed by atoms with van der Waals surface area (Å²) in [6, 6.07) is 15.1. The molecular weight excluding hydrogens is 537 g/mol. The van der Waals surface area contributed by atoms with E-state index in [-0.39, 0.29) is 33.6 Å². The molecule has 40 heavy (non-hydrogen) atoms. The fourth-order valence-electron chi connectivity index (χ4n) is 3.95. The van der Waals surface area contributed by atoms with E-state index >= 15 is 0 Å². The predicted molar refractivity (Wildman–Crippen MR) is 135 cm³/mol. The predicted octanol–water partition coefficient (Wildman–Crippen LogP) is 8.66. The number of benzene rings is 4. The minimum Gasteiger partial charge on any atom is -0.423 e. The van der Waals surface area contributed by atoms with Gasteiger partial charge in [-0.25, -0.2) is 22.4 Å². The van der Waals surface area contributed by atoms with Crippen molar-refractivity contribution >= 4 is 5.97 Å². The van der Waals surface area contributed by atoms with Crippen molar-refractivity contribution in [2.24, 2.45) is 0 Å². The van der Waals surface area contributed by atoms with Gasteiger partial charge < -0.3 is 4.74 Å². The van der Waals surface area contributed by atoms with E-state index in [9.17, 15) is 35.5 Å². The molecule has 0 aliphatic carbocycles. The average molecular weight is 556 g/mol. The SMILES string of the molecule is CCCc1ccc(C(=O)Oc2ccc(-c3ccc(-c4cc(F)c(C#CC(F)(F)F)c(F)c4)c(F)c3)c(F)c2)cc1. The fraction of sp³-hybridized carbons (Fsp3) is 0.129. The van der Waals surface area contributed by atoms with Crippen molar-refractivity contribution in [2.45, 2.75) is 25.9 Å². The van der Waals surface area contributed by atoms with Crippen molar-refractivity contribution in [1.29, 1.82) is 0 Å². The molecule has 0 bridgehead atoms. The molecule has 4 aromatic carbocycles. The minimum atomic E-state index is -4.95. The molecule has 9 heteroatoms. The maximum Gasteiger partial charge on any atom is 0.458 e. The van der Waals surface area contributed by atoms with Gasteiger partial charge in [-0.3, -0.25) is 0 Å². The number of halogens is 7. The van der Waals surface area contributed by atoms with E-state index in [1.54, 1.807) is 24.3 Å². The molecule has 0 N–H and O–H groups in total. The Balaban J connectivity index is 1.54. The van der Waals surface area contributed by atoms with Gasteiger partial charge in [0.25, 0.3) is 0 Å². The third-order valence-electron chi connectivity index (χ3n) is 5.84. The molecular formula is C31H19F7O2. The molecule has 0 saturated carbocycles. The Morgan fingerprint density at radius 2 is 1.32 bits per heavy atom. The first kappa shape index (κ1) is 28.4. The van der Waals surface area contributed by atoms with Crippen LogP contribution in [0.2, 0.25) is 0 Å². The first-order chi connectivity index (χ1) is 18.9. The van der Waals surface area contributed by atoms with Crippen LogP contribution >= 0.6 is 0 Å². The molecule has 0 radical (unpaired) electrons. The van der Waals surface area contributed by atoms with Gasteiger partial charge in [-0.2, -0.15) is 13.2 Å². The van der Waals surface area contributed by atoms with E-state index in [0.717, 1.165) is 42.5 Å². The summed E-state index contributed by atoms with van der Waals surface area (Å²) < 4.78 is 100. The third kappa shape index (κ3) is 6.70. The highest BCUT2D eigenvalue weighted by atomic mass is 19.4. The van der Waals surface area contributed by atoms with Crippen LogP contribution in [0.5, 0.6) is 5.75 Å². The molecule has 0 spiro atoms. The van der Waals surface area contributed by atoms with E-state index < -0.39 is 41.0 Å². The molecule has 0 fully saturated rings. The summed E-state index contributed by atoms with van der Waals surface area (Å²) in [5.41, 5.74) is -0.268. The zero-order valence-electron chi connectivity index (χ0n) is 20.8. The van der Waals surface area contributed by atoms with Crippen molar-refractivity contribution in [3.05, 3.63) is 113 Å². The minimum absolute atomic E-state index is 0.0377. The number of hydrogen-bond acceptors (Lipinski definition) is 2. The Morgan fingerprint density at radius 3 is 1.90 bits per heavy atom. The van der Waals surface area contributed by atoms with Gasteiger partial charge in [0.15, 0.2) is 0 Å². The van der Waals surface area contributed by atoms with Crippen LogP contribution in [0.25, 0.3) is 22.3 Å². The van der Waals surface area contributed by atoms with Crippen molar-refractivity contribution in [1.82, 2.24) is 0 Å². The molecule has 4 rings (SSSR count). The molecule has 0 aliphatic heterocycles. The summed E-state index contributed by atoms with van der Waals surface area (Å²) in [6.07, 6.45) is -3.13. The summed E-state index contributed by atoms with van der Waals surface area (Å²) in [7, 11) is 0. The second-order valence-electron chi connectivity index (χ2n) is 8.74. The Morgan fingerprint density at radius 1 is 0.750 bits per heavy atom. The average Bonchev–Trinajstić information content (AvgIpc) is 2.88. The summed E-state index contributed by atoms with van der Waals surface area (Å²) in [5.74, 6) is -3.16. The smallest absolute Gasteiger partial charge is 0.423 e. The first-order valence-electron chi connectivity index (χ1n) is 11.9. The number of hydrogen-bond donors (Lipinski definition) is 0. The van der Waals surface area contributed by atoms with Gasteiger partial charge >= 0.3 is 12.1 Å². The lowest BCUT2D eigenvalue weighted by atomic mass is 9.98. The van der Waals surface area contributed by atoms with Crippen LogP contribution < -0.4 is 4.74 Å². The van der Waals surface area contributed by atoms with Gasteiger partial charge in [-0.1, -0.05) is 43.5 Å². The van der Waals surface area contributed by atoms with Crippen LogP contribution in [0.1, 0.15) is 34.8 Å². The number of ether oxygens (including phenoxy) is 1. The van der Waals surface area contributed by atoms with Gasteiger partial charge in [0.2, 0.25) is 0 Å². The normalized spacial score (nSPS) is 11.1. The summed E-state index contributed by atoms with van der Waals surface area (Å²) in [5, 5.41) is 0. The summed E-state index contributed by atoms with van der Waals surface area (Å²) >= 11 is 0. The maximum atomic E-state index is 14.9. The zero-order valence-corrected chi connectivity index (χ0v) is 20.8. The van der Waals surface area contributed by atoms with Crippen LogP contribution in [-0.2, 0) is 6.42 Å². The second-order valence-corrected chi connectivity index (χ2v) is 8.74. The van der Waals surface area contributed by atoms with Gasteiger partial charge in [0, 0.05) is 23.1 Å². The molecule has 0 aliphatic rings. The molecule has 0 heterocycles. The summed E-state index contributed by atoms with van der Waals surface area (Å²) in [4.78, 5) is 12.4. The number of rotatable bonds is 6. The Labute approximate surface area is 225 Å². The molecule has 204 valence electrons. The molecule has 2 nitrogen and oxygen atoms in total. The lowest BCUT2D eigenvalue weighted by molar-refractivity contribution is -0.0696. The topological polar surface area (TPSA) is 26.3 Å². The van der Waals surface area contributed by atoms with Crippen molar-refractivity contribution in [3.63, 3.8) is 0 Å². The van der Waals surface area contributed by atoms with E-state index in [2.05, 4.69) is 0 Å². The Hall–Kier alpha value is -4.58. The molecule has 0 saturated heterocycles. The standard InChI is InChI=1S/C31H19F7O2/c1-2-3-18-4-6-19(7-5-18)30(39)40-22-9-11-23(29(35)17-22)20-8-10-24(26(32)14-20)21-15-27(33)25(28(34)16-21)12-13-31(36,37)38/h4-11,14-17H,2-3H2,1H3. The summed E-state index contributed by atoms with van der Waals surface area (Å²) in [6.45, 7) is 2.04. The van der Waals surface area contributed by atoms with Crippen molar-refractivity contribution in [3.8, 4) is 39.8 Å². The number of aryl methyl sites for hydroxylation is 1. The highest BCUT2D eigenvalue weighted by Gasteiger charge is 2.24. The van der Waals surface area contributed by atoms with E-state index in [1.807, 2.05) is 6.92 Å². The number of esters is 1. The maximum absolute atomic E-state index is 14.9. The van der Waals surface area contributed by atoms with Gasteiger partial charge in [0.05, 0.1) is 11.1 Å². The number of carbonyl (C=O) groups is 1. The van der Waals surface area contributed by atoms with E-state index in [4.69, 9.17) is 4.74 Å². The van der Waals surface area contributed by atoms with Gasteiger partial charge in [-0.15, -0.1) is 0 Å². The zero-order chi connectivity index (χ0) is 29.0. The monoisotopic (exact) mass is 556 g/mol. The van der Waals surface area contributed by atoms with Crippen LogP contribution in [0.15, 0.2) is 72.8 Å². The Bertz CT molecular complexity index is 1610. The molecule has 0 aromatic heterocycles. The third-order valence-corrected chi connectivity index (χ3v) is 5.84. The number of carbonyl (C=O) groups excluding carboxylic acids is 1. The van der Waals surface area contributed by atoms with Gasteiger partial charge in [0.1, 0.15) is 29.0 Å². The first-order valence-corrected chi connectivity index (χ1v) is 11.9. The van der Waals surface area contributed by atoms with E-state index in [0.29, 0.717) is 12.1 Å². The van der Waals surface area contributed by atoms with Crippen molar-refractivity contribution in [2.75, 3.05) is 0 Å². The second kappa shape index (κ2) is 11.7. The van der Waals surface area contributed by atoms with Gasteiger partial charge in [-0.05, 0) is 65.6 Å². The number of alkyl halides is 3. The lowest BCUT2D eigenvalue weighted by Gasteiger charge is -2.10. The molecule has 0 atom stereocenters. The van der Waals surface area contributed by atoms with E-state index in [1.165, 1.54) is 24.1 Å². The largest absolute Gasteiger partial charge is 0.458 e. The fourth-order valence-corrected chi connectivity index (χ4v) is 3.95. The van der Waals surface area contributed by atoms with Crippen LogP contribution in [0.3, 0.4) is 0 Å².